The van der Waals surface area contributed by atoms with Crippen molar-refractivity contribution in [3.8, 4) is 0 Å². The Balaban J connectivity index is 1.54. The van der Waals surface area contributed by atoms with E-state index >= 15 is 0 Å². The molecule has 0 aromatic heterocycles. The highest BCUT2D eigenvalue weighted by molar-refractivity contribution is 8.14. The molecule has 2 heterocycles. The van der Waals surface area contributed by atoms with Gasteiger partial charge >= 0.3 is 0 Å². The Morgan fingerprint density at radius 3 is 2.69 bits per heavy atom. The summed E-state index contributed by atoms with van der Waals surface area (Å²) in [5.41, 5.74) is 4.07. The van der Waals surface area contributed by atoms with E-state index in [4.69, 9.17) is 0 Å². The smallest absolute Gasteiger partial charge is 0.234 e. The van der Waals surface area contributed by atoms with Crippen LogP contribution in [0, 0.1) is 13.8 Å². The van der Waals surface area contributed by atoms with Crippen molar-refractivity contribution in [3.05, 3.63) is 59.2 Å². The molecular weight excluding hydrogens is 446 g/mol. The first-order valence-electron chi connectivity index (χ1n) is 10.3. The number of aryl methyl sites for hydroxylation is 2. The maximum Gasteiger partial charge on any atom is 0.234 e. The maximum absolute atomic E-state index is 12.6. The maximum atomic E-state index is 12.6. The number of fused-ring (bicyclic) bond motifs is 1. The molecule has 2 aliphatic rings. The minimum absolute atomic E-state index is 0.000685. The van der Waals surface area contributed by atoms with Crippen molar-refractivity contribution in [3.63, 3.8) is 0 Å². The Bertz CT molecular complexity index is 1220. The molecule has 0 spiro atoms. The number of amidine groups is 1. The number of carbonyl (C=O) groups excluding carboxylic acids is 2. The number of Topliss-reactive ketones (excluding diaryl/α,β-unsaturated/α-hetero) is 1. The molecule has 1 saturated heterocycles. The summed E-state index contributed by atoms with van der Waals surface area (Å²) >= 11 is 1.28. The first kappa shape index (κ1) is 22.5. The molecule has 2 atom stereocenters. The first-order valence-corrected chi connectivity index (χ1v) is 13.1. The molecule has 0 saturated carbocycles. The summed E-state index contributed by atoms with van der Waals surface area (Å²) in [5, 5.41) is 3.55. The van der Waals surface area contributed by atoms with Crippen molar-refractivity contribution in [2.75, 3.05) is 27.5 Å². The fraction of sp³-hybridized carbons (Fsp3) is 0.348. The van der Waals surface area contributed by atoms with E-state index in [1.807, 2.05) is 43.0 Å². The van der Waals surface area contributed by atoms with Gasteiger partial charge in [-0.3, -0.25) is 14.6 Å². The highest BCUT2D eigenvalue weighted by Gasteiger charge is 2.47. The molecule has 1 amide bonds. The fourth-order valence-electron chi connectivity index (χ4n) is 4.00. The van der Waals surface area contributed by atoms with Crippen LogP contribution in [-0.4, -0.2) is 54.6 Å². The number of sulfone groups is 1. The highest BCUT2D eigenvalue weighted by Crippen LogP contribution is 2.35. The summed E-state index contributed by atoms with van der Waals surface area (Å²) < 4.78 is 24.4. The monoisotopic (exact) mass is 471 g/mol. The van der Waals surface area contributed by atoms with Crippen molar-refractivity contribution in [1.82, 2.24) is 0 Å². The lowest BCUT2D eigenvalue weighted by molar-refractivity contribution is -0.113. The molecule has 2 aliphatic heterocycles. The summed E-state index contributed by atoms with van der Waals surface area (Å²) in [6, 6.07) is 12.3. The molecule has 9 heteroatoms. The number of anilines is 2. The number of benzene rings is 2. The van der Waals surface area contributed by atoms with Crippen LogP contribution in [0.4, 0.5) is 11.4 Å². The number of nitrogens with one attached hydrogen (secondary N) is 1. The quantitative estimate of drug-likeness (QED) is 0.673. The van der Waals surface area contributed by atoms with Gasteiger partial charge in [-0.2, -0.15) is 0 Å². The van der Waals surface area contributed by atoms with Crippen molar-refractivity contribution in [2.45, 2.75) is 32.9 Å². The van der Waals surface area contributed by atoms with E-state index in [-0.39, 0.29) is 41.0 Å². The van der Waals surface area contributed by atoms with Crippen LogP contribution in [0.1, 0.15) is 28.4 Å². The normalized spacial score (nSPS) is 21.2. The number of nitrogens with zero attached hydrogens (tertiary/aromatic N) is 2. The van der Waals surface area contributed by atoms with Crippen LogP contribution < -0.4 is 10.2 Å². The second kappa shape index (κ2) is 8.71. The van der Waals surface area contributed by atoms with E-state index in [0.717, 1.165) is 16.8 Å². The molecule has 1 fully saturated rings. The highest BCUT2D eigenvalue weighted by atomic mass is 32.2. The van der Waals surface area contributed by atoms with E-state index in [2.05, 4.69) is 10.3 Å². The van der Waals surface area contributed by atoms with E-state index in [0.29, 0.717) is 16.4 Å². The number of amides is 1. The Morgan fingerprint density at radius 2 is 1.94 bits per heavy atom. The fourth-order valence-corrected chi connectivity index (χ4v) is 6.76. The number of carbonyl (C=O) groups is 2. The molecule has 1 N–H and O–H groups in total. The molecule has 4 rings (SSSR count). The zero-order valence-electron chi connectivity index (χ0n) is 18.2. The molecule has 7 nitrogen and oxygen atoms in total. The van der Waals surface area contributed by atoms with E-state index < -0.39 is 9.84 Å². The molecule has 2 aromatic rings. The number of hydrogen-bond donors (Lipinski definition) is 1. The van der Waals surface area contributed by atoms with Gasteiger partial charge in [-0.15, -0.1) is 0 Å². The van der Waals surface area contributed by atoms with Crippen molar-refractivity contribution >= 4 is 49.8 Å². The summed E-state index contributed by atoms with van der Waals surface area (Å²) in [5.74, 6) is -0.0839. The first-order chi connectivity index (χ1) is 15.1. The lowest BCUT2D eigenvalue weighted by Gasteiger charge is -2.26. The largest absolute Gasteiger partial charge is 0.325 e. The number of hydrogen-bond acceptors (Lipinski definition) is 7. The van der Waals surface area contributed by atoms with Crippen molar-refractivity contribution in [1.29, 1.82) is 0 Å². The third kappa shape index (κ3) is 4.73. The Kier molecular flexibility index (Phi) is 6.13. The summed E-state index contributed by atoms with van der Waals surface area (Å²) in [6.45, 7) is 5.40. The second-order valence-corrected chi connectivity index (χ2v) is 11.4. The van der Waals surface area contributed by atoms with E-state index in [1.165, 1.54) is 18.7 Å². The standard InChI is InChI=1S/C23H25N3O4S2/c1-14-7-8-15(2)19(9-14)24-22(28)11-31-23-25-20-12-32(29,30)13-21(20)26(23)18-6-4-5-17(10-18)16(3)27/h4-10,20-21H,11-13H2,1-3H3,(H,24,28)/t20-,21-/m0/s1. The molecular formula is C23H25N3O4S2. The predicted molar refractivity (Wildman–Crippen MR) is 130 cm³/mol. The second-order valence-electron chi connectivity index (χ2n) is 8.26. The molecule has 32 heavy (non-hydrogen) atoms. The number of aliphatic imine (C=N–C) groups is 1. The lowest BCUT2D eigenvalue weighted by Crippen LogP contribution is -2.39. The average Bonchev–Trinajstić information content (AvgIpc) is 3.20. The van der Waals surface area contributed by atoms with Crippen LogP contribution in [0.15, 0.2) is 47.5 Å². The molecule has 168 valence electrons. The summed E-state index contributed by atoms with van der Waals surface area (Å²) in [6.07, 6.45) is 0. The Morgan fingerprint density at radius 1 is 1.16 bits per heavy atom. The number of ketones is 1. The number of rotatable bonds is 5. The van der Waals surface area contributed by atoms with Gasteiger partial charge in [0.2, 0.25) is 5.91 Å². The third-order valence-electron chi connectivity index (χ3n) is 5.64. The SMILES string of the molecule is CC(=O)c1cccc(N2C(SCC(=O)Nc3cc(C)ccc3C)=N[C@H]3CS(=O)(=O)C[C@@H]32)c1. The molecule has 2 aromatic carbocycles. The van der Waals surface area contributed by atoms with Gasteiger partial charge in [-0.25, -0.2) is 8.42 Å². The number of thioether (sulfide) groups is 1. The Labute approximate surface area is 192 Å². The summed E-state index contributed by atoms with van der Waals surface area (Å²) in [7, 11) is -3.18. The lowest BCUT2D eigenvalue weighted by atomic mass is 10.1. The van der Waals surface area contributed by atoms with Crippen LogP contribution in [0.5, 0.6) is 0 Å². The molecule has 0 radical (unpaired) electrons. The predicted octanol–water partition coefficient (Wildman–Crippen LogP) is 3.22. The minimum atomic E-state index is -3.18. The topological polar surface area (TPSA) is 95.9 Å². The van der Waals surface area contributed by atoms with Crippen LogP contribution in [0.2, 0.25) is 0 Å². The average molecular weight is 472 g/mol. The zero-order valence-corrected chi connectivity index (χ0v) is 19.8. The van der Waals surface area contributed by atoms with Crippen molar-refractivity contribution < 1.29 is 18.0 Å². The molecule has 0 bridgehead atoms. The van der Waals surface area contributed by atoms with Gasteiger partial charge in [0.15, 0.2) is 20.8 Å². The third-order valence-corrected chi connectivity index (χ3v) is 8.30. The van der Waals surface area contributed by atoms with Gasteiger partial charge in [0.05, 0.1) is 29.3 Å². The van der Waals surface area contributed by atoms with Gasteiger partial charge in [0, 0.05) is 16.9 Å². The van der Waals surface area contributed by atoms with E-state index in [1.54, 1.807) is 18.2 Å². The molecule has 0 aliphatic carbocycles. The van der Waals surface area contributed by atoms with Gasteiger partial charge in [0.25, 0.3) is 0 Å². The minimum Gasteiger partial charge on any atom is -0.325 e. The van der Waals surface area contributed by atoms with Crippen LogP contribution >= 0.6 is 11.8 Å². The van der Waals surface area contributed by atoms with Crippen LogP contribution in [0.25, 0.3) is 0 Å². The zero-order chi connectivity index (χ0) is 23.0. The van der Waals surface area contributed by atoms with Crippen LogP contribution in [0.3, 0.4) is 0 Å². The molecule has 0 unspecified atom stereocenters. The van der Waals surface area contributed by atoms with Gasteiger partial charge in [0.1, 0.15) is 0 Å². The van der Waals surface area contributed by atoms with Crippen LogP contribution in [-0.2, 0) is 14.6 Å². The van der Waals surface area contributed by atoms with Gasteiger partial charge in [-0.05, 0) is 50.1 Å². The summed E-state index contributed by atoms with van der Waals surface area (Å²) in [4.78, 5) is 31.0. The van der Waals surface area contributed by atoms with Gasteiger partial charge < -0.3 is 10.2 Å². The Hall–Kier alpha value is -2.65. The van der Waals surface area contributed by atoms with Gasteiger partial charge in [-0.1, -0.05) is 36.0 Å². The van der Waals surface area contributed by atoms with E-state index in [9.17, 15) is 18.0 Å². The van der Waals surface area contributed by atoms with Crippen molar-refractivity contribution in [2.24, 2.45) is 4.99 Å².